The molecule has 0 aliphatic carbocycles. The van der Waals surface area contributed by atoms with Gasteiger partial charge in [-0.15, -0.1) is 0 Å². The maximum atomic E-state index is 12.6. The molecule has 0 saturated carbocycles. The molecule has 3 rings (SSSR count). The summed E-state index contributed by atoms with van der Waals surface area (Å²) in [5.74, 6) is 1.10. The van der Waals surface area contributed by atoms with Gasteiger partial charge in [-0.1, -0.05) is 23.8 Å². The number of aromatic nitrogens is 1. The lowest BCUT2D eigenvalue weighted by Crippen LogP contribution is -2.44. The van der Waals surface area contributed by atoms with E-state index in [0.717, 1.165) is 29.7 Å². The highest BCUT2D eigenvalue weighted by Crippen LogP contribution is 2.21. The molecular weight excluding hydrogens is 366 g/mol. The molecular formula is C23H29N3O3. The topological polar surface area (TPSA) is 71.5 Å². The van der Waals surface area contributed by atoms with Crippen molar-refractivity contribution >= 4 is 17.6 Å². The Morgan fingerprint density at radius 1 is 1.17 bits per heavy atom. The first-order valence-electron chi connectivity index (χ1n) is 10.1. The quantitative estimate of drug-likeness (QED) is 0.810. The van der Waals surface area contributed by atoms with Gasteiger partial charge >= 0.3 is 0 Å². The summed E-state index contributed by atoms with van der Waals surface area (Å²) in [7, 11) is 0. The van der Waals surface area contributed by atoms with E-state index < -0.39 is 0 Å². The molecule has 1 aromatic heterocycles. The van der Waals surface area contributed by atoms with Gasteiger partial charge in [0, 0.05) is 19.3 Å². The molecule has 6 nitrogen and oxygen atoms in total. The number of nitrogens with one attached hydrogen (secondary N) is 1. The number of nitrogens with zero attached hydrogens (tertiary/aromatic N) is 2. The third-order valence-electron chi connectivity index (χ3n) is 5.21. The molecule has 2 aromatic rings. The molecule has 0 radical (unpaired) electrons. The van der Waals surface area contributed by atoms with Crippen LogP contribution in [0.4, 0.5) is 5.82 Å². The fourth-order valence-electron chi connectivity index (χ4n) is 3.56. The zero-order chi connectivity index (χ0) is 20.8. The van der Waals surface area contributed by atoms with Crippen molar-refractivity contribution < 1.29 is 14.3 Å². The number of carbonyl (C=O) groups is 2. The average molecular weight is 396 g/mol. The van der Waals surface area contributed by atoms with Gasteiger partial charge in [0.05, 0.1) is 18.9 Å². The number of aryl methyl sites for hydroxylation is 3. The number of benzene rings is 1. The van der Waals surface area contributed by atoms with Crippen molar-refractivity contribution in [2.24, 2.45) is 5.92 Å². The standard InChI is InChI=1S/C23H29N3O3/c1-16-6-8-20(18(3)13-16)29-12-10-22(27)26-11-4-5-19(15-26)23(28)25-21-9-7-17(2)14-24-21/h6-9,13-14,19H,4-5,10-12,15H2,1-3H3,(H,24,25,28)/t19-/m1/s1. The second-order valence-corrected chi connectivity index (χ2v) is 7.76. The van der Waals surface area contributed by atoms with Crippen LogP contribution in [0.1, 0.15) is 36.0 Å². The zero-order valence-electron chi connectivity index (χ0n) is 17.4. The van der Waals surface area contributed by atoms with Gasteiger partial charge in [-0.25, -0.2) is 4.98 Å². The third-order valence-corrected chi connectivity index (χ3v) is 5.21. The minimum absolute atomic E-state index is 0.0284. The molecule has 1 aliphatic heterocycles. The van der Waals surface area contributed by atoms with Gasteiger partial charge in [0.1, 0.15) is 11.6 Å². The molecule has 0 bridgehead atoms. The minimum Gasteiger partial charge on any atom is -0.493 e. The lowest BCUT2D eigenvalue weighted by atomic mass is 9.97. The van der Waals surface area contributed by atoms with E-state index in [1.807, 2.05) is 39.0 Å². The lowest BCUT2D eigenvalue weighted by molar-refractivity contribution is -0.135. The molecule has 0 unspecified atom stereocenters. The molecule has 1 saturated heterocycles. The van der Waals surface area contributed by atoms with Gasteiger partial charge in [0.25, 0.3) is 0 Å². The largest absolute Gasteiger partial charge is 0.493 e. The van der Waals surface area contributed by atoms with E-state index in [4.69, 9.17) is 4.74 Å². The van der Waals surface area contributed by atoms with Crippen molar-refractivity contribution in [2.45, 2.75) is 40.0 Å². The van der Waals surface area contributed by atoms with Crippen molar-refractivity contribution in [3.8, 4) is 5.75 Å². The van der Waals surface area contributed by atoms with Crippen LogP contribution in [-0.4, -0.2) is 41.4 Å². The van der Waals surface area contributed by atoms with E-state index in [0.29, 0.717) is 31.9 Å². The fourth-order valence-corrected chi connectivity index (χ4v) is 3.56. The van der Waals surface area contributed by atoms with Crippen LogP contribution in [0.25, 0.3) is 0 Å². The number of pyridine rings is 1. The number of carbonyl (C=O) groups excluding carboxylic acids is 2. The first kappa shape index (κ1) is 20.8. The number of piperidine rings is 1. The Bertz CT molecular complexity index is 864. The molecule has 1 atom stereocenters. The molecule has 0 spiro atoms. The normalized spacial score (nSPS) is 16.4. The molecule has 29 heavy (non-hydrogen) atoms. The van der Waals surface area contributed by atoms with E-state index in [2.05, 4.69) is 16.4 Å². The molecule has 1 fully saturated rings. The highest BCUT2D eigenvalue weighted by molar-refractivity contribution is 5.92. The second kappa shape index (κ2) is 9.54. The maximum absolute atomic E-state index is 12.6. The number of amides is 2. The van der Waals surface area contributed by atoms with Crippen molar-refractivity contribution in [1.29, 1.82) is 0 Å². The number of anilines is 1. The summed E-state index contributed by atoms with van der Waals surface area (Å²) in [5.41, 5.74) is 3.29. The fraction of sp³-hybridized carbons (Fsp3) is 0.435. The molecule has 1 aromatic carbocycles. The van der Waals surface area contributed by atoms with Crippen molar-refractivity contribution in [3.05, 3.63) is 53.2 Å². The number of ether oxygens (including phenoxy) is 1. The SMILES string of the molecule is Cc1ccc(NC(=O)[C@@H]2CCCN(C(=O)CCOc3ccc(C)cc3C)C2)nc1. The van der Waals surface area contributed by atoms with Crippen LogP contribution in [0.3, 0.4) is 0 Å². The van der Waals surface area contributed by atoms with Gasteiger partial charge in [0.2, 0.25) is 11.8 Å². The maximum Gasteiger partial charge on any atom is 0.230 e. The number of hydrogen-bond donors (Lipinski definition) is 1. The van der Waals surface area contributed by atoms with Crippen LogP contribution in [0.15, 0.2) is 36.5 Å². The second-order valence-electron chi connectivity index (χ2n) is 7.76. The Morgan fingerprint density at radius 2 is 1.97 bits per heavy atom. The molecule has 2 heterocycles. The smallest absolute Gasteiger partial charge is 0.230 e. The summed E-state index contributed by atoms with van der Waals surface area (Å²) in [4.78, 5) is 31.2. The van der Waals surface area contributed by atoms with Gasteiger partial charge in [-0.05, 0) is 56.9 Å². The summed E-state index contributed by atoms with van der Waals surface area (Å²) < 4.78 is 5.78. The first-order chi connectivity index (χ1) is 13.9. The Morgan fingerprint density at radius 3 is 2.69 bits per heavy atom. The third kappa shape index (κ3) is 5.79. The average Bonchev–Trinajstić information content (AvgIpc) is 2.71. The van der Waals surface area contributed by atoms with Crippen LogP contribution < -0.4 is 10.1 Å². The highest BCUT2D eigenvalue weighted by atomic mass is 16.5. The Hall–Kier alpha value is -2.89. The molecule has 2 amide bonds. The van der Waals surface area contributed by atoms with Crippen LogP contribution in [-0.2, 0) is 9.59 Å². The lowest BCUT2D eigenvalue weighted by Gasteiger charge is -2.32. The Kier molecular flexibility index (Phi) is 6.86. The summed E-state index contributed by atoms with van der Waals surface area (Å²) in [6, 6.07) is 9.71. The summed E-state index contributed by atoms with van der Waals surface area (Å²) >= 11 is 0. The molecule has 154 valence electrons. The predicted octanol–water partition coefficient (Wildman–Crippen LogP) is 3.65. The van der Waals surface area contributed by atoms with E-state index >= 15 is 0 Å². The summed E-state index contributed by atoms with van der Waals surface area (Å²) in [6.45, 7) is 7.46. The van der Waals surface area contributed by atoms with Crippen molar-refractivity contribution in [2.75, 3.05) is 25.0 Å². The van der Waals surface area contributed by atoms with E-state index in [1.54, 1.807) is 17.2 Å². The summed E-state index contributed by atoms with van der Waals surface area (Å²) in [6.07, 6.45) is 3.63. The van der Waals surface area contributed by atoms with Crippen LogP contribution in [0.2, 0.25) is 0 Å². The number of hydrogen-bond acceptors (Lipinski definition) is 4. The van der Waals surface area contributed by atoms with Crippen LogP contribution in [0.5, 0.6) is 5.75 Å². The minimum atomic E-state index is -0.212. The van der Waals surface area contributed by atoms with Gasteiger partial charge in [-0.2, -0.15) is 0 Å². The van der Waals surface area contributed by atoms with E-state index in [-0.39, 0.29) is 17.7 Å². The molecule has 6 heteroatoms. The number of rotatable bonds is 6. The highest BCUT2D eigenvalue weighted by Gasteiger charge is 2.28. The van der Waals surface area contributed by atoms with Gasteiger partial charge in [0.15, 0.2) is 0 Å². The van der Waals surface area contributed by atoms with Gasteiger partial charge < -0.3 is 15.0 Å². The van der Waals surface area contributed by atoms with Crippen LogP contribution in [0, 0.1) is 26.7 Å². The molecule has 1 aliphatic rings. The monoisotopic (exact) mass is 395 g/mol. The Balaban J connectivity index is 1.48. The van der Waals surface area contributed by atoms with E-state index in [1.165, 1.54) is 5.56 Å². The zero-order valence-corrected chi connectivity index (χ0v) is 17.4. The molecule has 1 N–H and O–H groups in total. The van der Waals surface area contributed by atoms with Crippen molar-refractivity contribution in [3.63, 3.8) is 0 Å². The van der Waals surface area contributed by atoms with Crippen LogP contribution >= 0.6 is 0 Å². The Labute approximate surface area is 172 Å². The number of likely N-dealkylation sites (tertiary alicyclic amines) is 1. The summed E-state index contributed by atoms with van der Waals surface area (Å²) in [5, 5.41) is 2.86. The predicted molar refractivity (Wildman–Crippen MR) is 113 cm³/mol. The first-order valence-corrected chi connectivity index (χ1v) is 10.1. The van der Waals surface area contributed by atoms with E-state index in [9.17, 15) is 9.59 Å². The van der Waals surface area contributed by atoms with Gasteiger partial charge in [-0.3, -0.25) is 9.59 Å². The van der Waals surface area contributed by atoms with Crippen molar-refractivity contribution in [1.82, 2.24) is 9.88 Å².